The number of rotatable bonds is 0. The fraction of sp³-hybridized carbons (Fsp3) is 0. The largest absolute Gasteiger partial charge is 2.00 e. The fourth-order valence-electron chi connectivity index (χ4n) is 0. The van der Waals surface area contributed by atoms with Gasteiger partial charge in [0.25, 0.3) is 0 Å². The molecule has 0 rings (SSSR count). The van der Waals surface area contributed by atoms with Crippen LogP contribution < -0.4 is 0 Å². The van der Waals surface area contributed by atoms with E-state index < -0.39 is 0 Å². The van der Waals surface area contributed by atoms with Crippen LogP contribution in [0.1, 0.15) is 0 Å². The van der Waals surface area contributed by atoms with E-state index >= 15 is 0 Å². The molecular formula is H19BaO10+. The monoisotopic (exact) mass is 317 g/mol. The number of hydrogen-bond acceptors (Lipinski definition) is 1. The first-order valence-electron chi connectivity index (χ1n) is 0. The van der Waals surface area contributed by atoms with Gasteiger partial charge < -0.3 is 54.8 Å². The molecule has 10 nitrogen and oxygen atoms in total. The summed E-state index contributed by atoms with van der Waals surface area (Å²) < 4.78 is 0. The zero-order valence-corrected chi connectivity index (χ0v) is 10.1. The Morgan fingerprint density at radius 2 is 0.273 bits per heavy atom. The third-order valence-corrected chi connectivity index (χ3v) is 0. The van der Waals surface area contributed by atoms with E-state index in [-0.39, 0.29) is 104 Å². The minimum absolute atomic E-state index is 0. The van der Waals surface area contributed by atoms with Gasteiger partial charge in [-0.25, -0.2) is 0 Å². The molecule has 0 saturated heterocycles. The summed E-state index contributed by atoms with van der Waals surface area (Å²) in [6, 6.07) is 0. The van der Waals surface area contributed by atoms with E-state index in [0.29, 0.717) is 0 Å². The molecule has 0 saturated carbocycles. The fourth-order valence-corrected chi connectivity index (χ4v) is 0. The summed E-state index contributed by atoms with van der Waals surface area (Å²) in [6.07, 6.45) is 0. The zero-order chi connectivity index (χ0) is 0. The van der Waals surface area contributed by atoms with Crippen LogP contribution in [0.3, 0.4) is 0 Å². The zero-order valence-electron chi connectivity index (χ0n) is 5.65. The van der Waals surface area contributed by atoms with Gasteiger partial charge in [0, 0.05) is 0 Å². The van der Waals surface area contributed by atoms with Crippen molar-refractivity contribution < 1.29 is 54.8 Å². The van der Waals surface area contributed by atoms with Gasteiger partial charge in [0.05, 0.1) is 0 Å². The van der Waals surface area contributed by atoms with Gasteiger partial charge in [-0.15, -0.1) is 0 Å². The van der Waals surface area contributed by atoms with Crippen LogP contribution >= 0.6 is 0 Å². The van der Waals surface area contributed by atoms with Crippen molar-refractivity contribution in [3.8, 4) is 0 Å². The average molecular weight is 316 g/mol. The van der Waals surface area contributed by atoms with Gasteiger partial charge in [-0.3, -0.25) is 0 Å². The molecule has 0 amide bonds. The van der Waals surface area contributed by atoms with Crippen molar-refractivity contribution in [2.24, 2.45) is 0 Å². The third kappa shape index (κ3) is 685. The van der Waals surface area contributed by atoms with Crippen molar-refractivity contribution in [2.75, 3.05) is 0 Å². The van der Waals surface area contributed by atoms with Crippen LogP contribution in [-0.4, -0.2) is 104 Å². The molecule has 0 aliphatic heterocycles. The van der Waals surface area contributed by atoms with E-state index in [1.807, 2.05) is 0 Å². The van der Waals surface area contributed by atoms with Gasteiger partial charge in [0.1, 0.15) is 0 Å². The summed E-state index contributed by atoms with van der Waals surface area (Å²) in [7, 11) is 0. The van der Waals surface area contributed by atoms with Gasteiger partial charge in [-0.2, -0.15) is 0 Å². The maximum atomic E-state index is 0. The van der Waals surface area contributed by atoms with E-state index in [1.54, 1.807) is 0 Å². The Labute approximate surface area is 103 Å². The molecule has 80 valence electrons. The molecule has 0 fully saturated rings. The Morgan fingerprint density at radius 3 is 0.273 bits per heavy atom. The van der Waals surface area contributed by atoms with Crippen molar-refractivity contribution in [3.05, 3.63) is 0 Å². The van der Waals surface area contributed by atoms with Crippen molar-refractivity contribution in [2.45, 2.75) is 0 Å². The average Bonchev–Trinajstić information content (AvgIpc) is 0. The molecule has 0 aliphatic rings. The first-order chi connectivity index (χ1) is 0. The summed E-state index contributed by atoms with van der Waals surface area (Å²) in [6.45, 7) is 0. The summed E-state index contributed by atoms with van der Waals surface area (Å²) in [5.41, 5.74) is 0. The van der Waals surface area contributed by atoms with Gasteiger partial charge >= 0.3 is 48.9 Å². The summed E-state index contributed by atoms with van der Waals surface area (Å²) in [4.78, 5) is 0. The summed E-state index contributed by atoms with van der Waals surface area (Å²) >= 11 is 0. The van der Waals surface area contributed by atoms with Gasteiger partial charge in [-0.05, 0) is 0 Å². The second kappa shape index (κ2) is 842. The summed E-state index contributed by atoms with van der Waals surface area (Å²) in [5, 5.41) is 0. The predicted octanol–water partition coefficient (Wildman–Crippen LogP) is -7.98. The Hall–Kier alpha value is 1.17. The standard InChI is InChI=1S/Ba.10H2O/h;10*1H2/q+2;;;;;;;;;;/p-1. The van der Waals surface area contributed by atoms with Crippen LogP contribution in [0.15, 0.2) is 0 Å². The van der Waals surface area contributed by atoms with E-state index in [0.717, 1.165) is 0 Å². The van der Waals surface area contributed by atoms with Gasteiger partial charge in [0.15, 0.2) is 0 Å². The Balaban J connectivity index is 0. The number of hydrogen-bond donors (Lipinski definition) is 0. The minimum Gasteiger partial charge on any atom is -0.870 e. The molecule has 0 spiro atoms. The van der Waals surface area contributed by atoms with E-state index in [1.165, 1.54) is 0 Å². The van der Waals surface area contributed by atoms with Crippen molar-refractivity contribution >= 4 is 48.9 Å². The topological polar surface area (TPSA) is 314 Å². The Kier molecular flexibility index (Phi) is 84800. The van der Waals surface area contributed by atoms with Crippen LogP contribution in [0.4, 0.5) is 0 Å². The van der Waals surface area contributed by atoms with E-state index in [9.17, 15) is 0 Å². The van der Waals surface area contributed by atoms with E-state index in [2.05, 4.69) is 0 Å². The third-order valence-electron chi connectivity index (χ3n) is 0. The molecule has 0 aliphatic carbocycles. The van der Waals surface area contributed by atoms with Gasteiger partial charge in [0.2, 0.25) is 0 Å². The smallest absolute Gasteiger partial charge is 0.870 e. The molecule has 11 heteroatoms. The molecule has 0 radical (unpaired) electrons. The quantitative estimate of drug-likeness (QED) is 0.386. The van der Waals surface area contributed by atoms with Crippen LogP contribution in [0.2, 0.25) is 0 Å². The normalized spacial score (nSPS) is 0. The maximum Gasteiger partial charge on any atom is 2.00 e. The van der Waals surface area contributed by atoms with Crippen LogP contribution in [0.25, 0.3) is 0 Å². The molecular weight excluding hydrogens is 297 g/mol. The second-order valence-electron chi connectivity index (χ2n) is 0. The Bertz CT molecular complexity index is 4.83. The molecule has 0 aromatic carbocycles. The first kappa shape index (κ1) is 1110. The SMILES string of the molecule is O.O.O.O.O.O.O.O.O.[Ba+2].[OH-]. The van der Waals surface area contributed by atoms with Crippen molar-refractivity contribution in [3.63, 3.8) is 0 Å². The molecule has 0 aromatic heterocycles. The predicted molar refractivity (Wildman–Crippen MR) is 40.2 cm³/mol. The van der Waals surface area contributed by atoms with Crippen molar-refractivity contribution in [1.82, 2.24) is 0 Å². The molecule has 0 unspecified atom stereocenters. The second-order valence-corrected chi connectivity index (χ2v) is 0. The molecule has 0 heterocycles. The van der Waals surface area contributed by atoms with Gasteiger partial charge in [-0.1, -0.05) is 0 Å². The van der Waals surface area contributed by atoms with Crippen molar-refractivity contribution in [1.29, 1.82) is 0 Å². The molecule has 0 bridgehead atoms. The minimum atomic E-state index is 0. The van der Waals surface area contributed by atoms with Crippen LogP contribution in [0, 0.1) is 0 Å². The maximum absolute atomic E-state index is 0. The van der Waals surface area contributed by atoms with E-state index in [4.69, 9.17) is 0 Å². The molecule has 19 N–H and O–H groups in total. The summed E-state index contributed by atoms with van der Waals surface area (Å²) in [5.74, 6) is 0. The first-order valence-corrected chi connectivity index (χ1v) is 0. The Morgan fingerprint density at radius 1 is 0.273 bits per heavy atom. The van der Waals surface area contributed by atoms with Crippen LogP contribution in [0.5, 0.6) is 0 Å². The molecule has 0 atom stereocenters. The van der Waals surface area contributed by atoms with Crippen LogP contribution in [-0.2, 0) is 0 Å². The molecule has 11 heavy (non-hydrogen) atoms. The molecule has 0 aromatic rings.